The number of aliphatic hydroxyl groups excluding tert-OH is 2. The third kappa shape index (κ3) is 8.82. The second-order valence-electron chi connectivity index (χ2n) is 11.4. The van der Waals surface area contributed by atoms with Crippen LogP contribution >= 0.6 is 0 Å². The summed E-state index contributed by atoms with van der Waals surface area (Å²) in [6, 6.07) is 13.5. The number of carbonyl (C=O) groups is 1. The molecule has 0 aromatic heterocycles. The normalized spacial score (nSPS) is 21.7. The highest BCUT2D eigenvalue weighted by molar-refractivity contribution is 5.69. The first kappa shape index (κ1) is 32.1. The van der Waals surface area contributed by atoms with E-state index in [1.54, 1.807) is 25.1 Å². The van der Waals surface area contributed by atoms with Crippen LogP contribution in [0.4, 0.5) is 0 Å². The molecule has 0 saturated heterocycles. The van der Waals surface area contributed by atoms with Crippen molar-refractivity contribution in [1.82, 2.24) is 0 Å². The largest absolute Gasteiger partial charge is 0.489 e. The molecule has 2 aliphatic rings. The number of aryl methyl sites for hydroxylation is 2. The Hall–Kier alpha value is -3.87. The highest BCUT2D eigenvalue weighted by atomic mass is 16.9. The first-order valence-electron chi connectivity index (χ1n) is 15.0. The lowest BCUT2D eigenvalue weighted by Gasteiger charge is -2.19. The number of hydrogen-bond acceptors (Lipinski definition) is 8. The Bertz CT molecular complexity index is 1330. The summed E-state index contributed by atoms with van der Waals surface area (Å²) in [6.45, 7) is 4.00. The topological polar surface area (TPSA) is 128 Å². The van der Waals surface area contributed by atoms with Crippen molar-refractivity contribution < 1.29 is 34.4 Å². The molecule has 2 unspecified atom stereocenters. The van der Waals surface area contributed by atoms with Crippen LogP contribution in [0, 0.1) is 33.8 Å². The van der Waals surface area contributed by atoms with Crippen LogP contribution in [0.3, 0.4) is 0 Å². The zero-order valence-corrected chi connectivity index (χ0v) is 24.8. The number of esters is 1. The molecule has 0 radical (unpaired) electrons. The summed E-state index contributed by atoms with van der Waals surface area (Å²) in [5.74, 6) is 6.39. The molecule has 0 spiro atoms. The maximum atomic E-state index is 12.3. The van der Waals surface area contributed by atoms with E-state index >= 15 is 0 Å². The molecule has 1 heterocycles. The van der Waals surface area contributed by atoms with Gasteiger partial charge in [0.15, 0.2) is 0 Å². The maximum absolute atomic E-state index is 12.3. The second-order valence-corrected chi connectivity index (χ2v) is 11.4. The Labute approximate surface area is 253 Å². The smallest absolute Gasteiger partial charge is 0.305 e. The van der Waals surface area contributed by atoms with Crippen LogP contribution in [-0.2, 0) is 33.8 Å². The molecule has 9 nitrogen and oxygen atoms in total. The molecule has 1 aliphatic heterocycles. The first-order valence-corrected chi connectivity index (χ1v) is 15.0. The third-order valence-corrected chi connectivity index (χ3v) is 8.26. The molecule has 6 atom stereocenters. The summed E-state index contributed by atoms with van der Waals surface area (Å²) in [5.41, 5.74) is 3.91. The SMILES string of the molecule is CC#CCC(C)[C@@H](O)/C=C/[C@H]1[C@@H]2c3cccc(CCCC(=O)OCCCc4ccc(CO[N+](=O)[O-])cc4)c3OC2C[C@@H]1O. The number of carbonyl (C=O) groups excluding carboxylic acids is 1. The fourth-order valence-corrected chi connectivity index (χ4v) is 5.87. The average molecular weight is 592 g/mol. The van der Waals surface area contributed by atoms with Gasteiger partial charge in [0.25, 0.3) is 5.09 Å². The summed E-state index contributed by atoms with van der Waals surface area (Å²) in [5, 5.41) is 30.8. The van der Waals surface area contributed by atoms with Gasteiger partial charge in [-0.25, -0.2) is 0 Å². The number of hydrogen-bond donors (Lipinski definition) is 2. The van der Waals surface area contributed by atoms with Crippen LogP contribution in [0.15, 0.2) is 54.6 Å². The lowest BCUT2D eigenvalue weighted by atomic mass is 9.86. The van der Waals surface area contributed by atoms with Crippen molar-refractivity contribution in [3.63, 3.8) is 0 Å². The van der Waals surface area contributed by atoms with E-state index < -0.39 is 17.3 Å². The van der Waals surface area contributed by atoms with Crippen molar-refractivity contribution >= 4 is 5.97 Å². The number of rotatable bonds is 15. The van der Waals surface area contributed by atoms with Gasteiger partial charge in [0, 0.05) is 36.7 Å². The molecule has 2 aromatic rings. The van der Waals surface area contributed by atoms with Gasteiger partial charge in [0.2, 0.25) is 0 Å². The van der Waals surface area contributed by atoms with Crippen molar-refractivity contribution in [2.45, 2.75) is 89.6 Å². The number of ether oxygens (including phenoxy) is 2. The van der Waals surface area contributed by atoms with Crippen LogP contribution in [0.2, 0.25) is 0 Å². The van der Waals surface area contributed by atoms with E-state index in [4.69, 9.17) is 9.47 Å². The summed E-state index contributed by atoms with van der Waals surface area (Å²) in [6.07, 6.45) is 6.65. The highest BCUT2D eigenvalue weighted by Crippen LogP contribution is 2.52. The van der Waals surface area contributed by atoms with Crippen LogP contribution in [-0.4, -0.2) is 46.2 Å². The Morgan fingerprint density at radius 2 is 1.95 bits per heavy atom. The number of para-hydroxylation sites is 1. The molecule has 2 N–H and O–H groups in total. The minimum atomic E-state index is -0.811. The van der Waals surface area contributed by atoms with Gasteiger partial charge in [0.1, 0.15) is 18.5 Å². The van der Waals surface area contributed by atoms with Gasteiger partial charge in [-0.05, 0) is 55.2 Å². The maximum Gasteiger partial charge on any atom is 0.305 e. The molecule has 4 rings (SSSR count). The van der Waals surface area contributed by atoms with Crippen molar-refractivity contribution in [2.75, 3.05) is 6.61 Å². The molecule has 1 fully saturated rings. The van der Waals surface area contributed by atoms with Crippen LogP contribution in [0.1, 0.15) is 74.1 Å². The Kier molecular flexibility index (Phi) is 11.6. The zero-order chi connectivity index (χ0) is 30.8. The average Bonchev–Trinajstić information content (AvgIpc) is 3.51. The minimum absolute atomic E-state index is 0.00694. The monoisotopic (exact) mass is 591 g/mol. The van der Waals surface area contributed by atoms with Crippen molar-refractivity contribution in [1.29, 1.82) is 0 Å². The van der Waals surface area contributed by atoms with E-state index in [1.165, 1.54) is 0 Å². The molecule has 1 aliphatic carbocycles. The minimum Gasteiger partial charge on any atom is -0.489 e. The van der Waals surface area contributed by atoms with Gasteiger partial charge in [-0.3, -0.25) is 4.79 Å². The lowest BCUT2D eigenvalue weighted by molar-refractivity contribution is -0.763. The van der Waals surface area contributed by atoms with E-state index in [9.17, 15) is 25.1 Å². The molecular formula is C34H41NO8. The summed E-state index contributed by atoms with van der Waals surface area (Å²) >= 11 is 0. The van der Waals surface area contributed by atoms with Crippen LogP contribution in [0.5, 0.6) is 5.75 Å². The molecule has 0 amide bonds. The molecular weight excluding hydrogens is 550 g/mol. The van der Waals surface area contributed by atoms with Crippen molar-refractivity contribution in [2.24, 2.45) is 11.8 Å². The van der Waals surface area contributed by atoms with Gasteiger partial charge < -0.3 is 24.5 Å². The molecule has 43 heavy (non-hydrogen) atoms. The molecule has 230 valence electrons. The zero-order valence-electron chi connectivity index (χ0n) is 24.8. The lowest BCUT2D eigenvalue weighted by Crippen LogP contribution is -2.19. The predicted molar refractivity (Wildman–Crippen MR) is 161 cm³/mol. The van der Waals surface area contributed by atoms with Gasteiger partial charge in [-0.1, -0.05) is 61.5 Å². The molecule has 2 aromatic carbocycles. The van der Waals surface area contributed by atoms with Crippen molar-refractivity contribution in [3.05, 3.63) is 87.0 Å². The standard InChI is InChI=1S/C34H41NO8/c1-3-4-8-23(2)29(36)19-18-27-30(37)21-31-33(27)28-12-5-10-26(34(28)43-31)11-6-13-32(38)41-20-7-9-24-14-16-25(17-15-24)22-42-35(39)40/h5,10,12,14-19,23,27,29-31,33,36-37H,6-9,11,13,20-22H2,1-2H3/b19-18+/t23?,27-,29+,30+,31?,33-/m1/s1. The Morgan fingerprint density at radius 3 is 2.70 bits per heavy atom. The number of nitrogens with zero attached hydrogens (tertiary/aromatic N) is 1. The van der Waals surface area contributed by atoms with Gasteiger partial charge in [-0.15, -0.1) is 22.0 Å². The molecule has 1 saturated carbocycles. The Morgan fingerprint density at radius 1 is 1.19 bits per heavy atom. The number of aliphatic hydroxyl groups is 2. The predicted octanol–water partition coefficient (Wildman–Crippen LogP) is 5.09. The summed E-state index contributed by atoms with van der Waals surface area (Å²) < 4.78 is 11.8. The molecule has 9 heteroatoms. The highest BCUT2D eigenvalue weighted by Gasteiger charge is 2.48. The van der Waals surface area contributed by atoms with Crippen molar-refractivity contribution in [3.8, 4) is 17.6 Å². The van der Waals surface area contributed by atoms with Gasteiger partial charge >= 0.3 is 5.97 Å². The van der Waals surface area contributed by atoms with E-state index in [-0.39, 0.29) is 36.4 Å². The van der Waals surface area contributed by atoms with Gasteiger partial charge in [-0.2, -0.15) is 0 Å². The quantitative estimate of drug-likeness (QED) is 0.0733. The summed E-state index contributed by atoms with van der Waals surface area (Å²) in [7, 11) is 0. The first-order chi connectivity index (χ1) is 20.8. The number of benzene rings is 2. The fraction of sp³-hybridized carbons (Fsp3) is 0.500. The van der Waals surface area contributed by atoms with E-state index in [1.807, 2.05) is 37.3 Å². The fourth-order valence-electron chi connectivity index (χ4n) is 5.87. The third-order valence-electron chi connectivity index (χ3n) is 8.26. The Balaban J connectivity index is 1.22. The number of fused-ring (bicyclic) bond motifs is 3. The van der Waals surface area contributed by atoms with Crippen LogP contribution in [0.25, 0.3) is 0 Å². The molecule has 0 bridgehead atoms. The second kappa shape index (κ2) is 15.6. The van der Waals surface area contributed by atoms with E-state index in [2.05, 4.69) is 22.7 Å². The van der Waals surface area contributed by atoms with E-state index in [0.717, 1.165) is 34.4 Å². The van der Waals surface area contributed by atoms with E-state index in [0.29, 0.717) is 45.1 Å². The van der Waals surface area contributed by atoms with Gasteiger partial charge in [0.05, 0.1) is 18.8 Å². The van der Waals surface area contributed by atoms with Crippen LogP contribution < -0.4 is 4.74 Å². The summed E-state index contributed by atoms with van der Waals surface area (Å²) in [4.78, 5) is 27.0.